The van der Waals surface area contributed by atoms with Gasteiger partial charge in [0.2, 0.25) is 0 Å². The molecule has 20 heavy (non-hydrogen) atoms. The smallest absolute Gasteiger partial charge is 0.124 e. The van der Waals surface area contributed by atoms with Gasteiger partial charge < -0.3 is 0 Å². The van der Waals surface area contributed by atoms with E-state index in [1.807, 2.05) is 42.7 Å². The monoisotopic (exact) mass is 284 g/mol. The zero-order chi connectivity index (χ0) is 14.3. The summed E-state index contributed by atoms with van der Waals surface area (Å²) in [4.78, 5) is 4.51. The molecule has 4 heteroatoms. The van der Waals surface area contributed by atoms with Crippen molar-refractivity contribution in [1.82, 2.24) is 9.55 Å². The molecule has 3 rings (SSSR count). The third kappa shape index (κ3) is 2.12. The predicted molar refractivity (Wildman–Crippen MR) is 81.3 cm³/mol. The fourth-order valence-corrected chi connectivity index (χ4v) is 2.67. The summed E-state index contributed by atoms with van der Waals surface area (Å²) in [5.74, 6) is 0.489. The normalized spacial score (nSPS) is 10.9. The minimum Gasteiger partial charge on any atom is -0.289 e. The van der Waals surface area contributed by atoms with E-state index in [0.29, 0.717) is 10.0 Å². The second-order valence-corrected chi connectivity index (χ2v) is 5.18. The number of nitrogens with zero attached hydrogens (tertiary/aromatic N) is 2. The van der Waals surface area contributed by atoms with E-state index in [0.717, 1.165) is 17.0 Å². The van der Waals surface area contributed by atoms with Crippen molar-refractivity contribution in [3.63, 3.8) is 0 Å². The largest absolute Gasteiger partial charge is 0.289 e. The first-order chi connectivity index (χ1) is 9.56. The Morgan fingerprint density at radius 2 is 1.75 bits per heavy atom. The van der Waals surface area contributed by atoms with Crippen LogP contribution in [0.3, 0.4) is 0 Å². The van der Waals surface area contributed by atoms with Crippen LogP contribution in [-0.2, 0) is 0 Å². The summed E-state index contributed by atoms with van der Waals surface area (Å²) >= 11 is 5.51. The van der Waals surface area contributed by atoms with E-state index in [4.69, 9.17) is 12.2 Å². The Hall–Kier alpha value is -2.07. The molecule has 0 atom stereocenters. The van der Waals surface area contributed by atoms with Crippen LogP contribution in [0, 0.1) is 24.3 Å². The molecule has 0 saturated heterocycles. The van der Waals surface area contributed by atoms with Crippen LogP contribution in [-0.4, -0.2) is 9.55 Å². The number of hydrogen-bond donors (Lipinski definition) is 0. The number of aryl methyl sites for hydroxylation is 2. The summed E-state index contributed by atoms with van der Waals surface area (Å²) in [7, 11) is 0. The number of benzene rings is 2. The van der Waals surface area contributed by atoms with Crippen LogP contribution in [0.15, 0.2) is 42.5 Å². The highest BCUT2D eigenvalue weighted by Gasteiger charge is 2.08. The Morgan fingerprint density at radius 1 is 1.05 bits per heavy atom. The number of halogens is 1. The first-order valence-electron chi connectivity index (χ1n) is 6.32. The van der Waals surface area contributed by atoms with Crippen molar-refractivity contribution in [1.29, 1.82) is 0 Å². The van der Waals surface area contributed by atoms with Gasteiger partial charge in [-0.3, -0.25) is 4.57 Å². The minimum absolute atomic E-state index is 0.301. The third-order valence-corrected chi connectivity index (χ3v) is 3.69. The molecule has 0 unspecified atom stereocenters. The van der Waals surface area contributed by atoms with Crippen molar-refractivity contribution in [3.05, 3.63) is 64.3 Å². The van der Waals surface area contributed by atoms with Gasteiger partial charge >= 0.3 is 0 Å². The molecule has 0 radical (unpaired) electrons. The quantitative estimate of drug-likeness (QED) is 0.612. The second-order valence-electron chi connectivity index (χ2n) is 4.80. The zero-order valence-corrected chi connectivity index (χ0v) is 12.0. The van der Waals surface area contributed by atoms with Gasteiger partial charge in [-0.05, 0) is 44.2 Å². The lowest BCUT2D eigenvalue weighted by Gasteiger charge is -2.12. The zero-order valence-electron chi connectivity index (χ0n) is 11.2. The van der Waals surface area contributed by atoms with Crippen molar-refractivity contribution < 1.29 is 4.39 Å². The highest BCUT2D eigenvalue weighted by Crippen LogP contribution is 2.20. The fourth-order valence-electron chi connectivity index (χ4n) is 2.27. The highest BCUT2D eigenvalue weighted by molar-refractivity contribution is 7.71. The van der Waals surface area contributed by atoms with Crippen molar-refractivity contribution in [2.75, 3.05) is 0 Å². The Labute approximate surface area is 121 Å². The van der Waals surface area contributed by atoms with Crippen molar-refractivity contribution in [2.24, 2.45) is 0 Å². The molecule has 0 aliphatic rings. The molecule has 0 saturated carbocycles. The molecule has 3 aromatic rings. The summed E-state index contributed by atoms with van der Waals surface area (Å²) in [6, 6.07) is 12.5. The molecule has 0 aliphatic carbocycles. The van der Waals surface area contributed by atoms with E-state index in [2.05, 4.69) is 4.98 Å². The van der Waals surface area contributed by atoms with Gasteiger partial charge in [0.05, 0.1) is 5.52 Å². The van der Waals surface area contributed by atoms with E-state index in [1.165, 1.54) is 17.7 Å². The summed E-state index contributed by atoms with van der Waals surface area (Å²) < 4.78 is 15.9. The third-order valence-electron chi connectivity index (χ3n) is 3.29. The molecular weight excluding hydrogens is 271 g/mol. The van der Waals surface area contributed by atoms with E-state index in [-0.39, 0.29) is 5.82 Å². The lowest BCUT2D eigenvalue weighted by atomic mass is 10.2. The van der Waals surface area contributed by atoms with Crippen LogP contribution in [0.1, 0.15) is 11.4 Å². The lowest BCUT2D eigenvalue weighted by Crippen LogP contribution is -2.05. The maximum Gasteiger partial charge on any atom is 0.124 e. The number of fused-ring (bicyclic) bond motifs is 1. The molecule has 0 amide bonds. The molecule has 100 valence electrons. The molecule has 2 nitrogen and oxygen atoms in total. The van der Waals surface area contributed by atoms with Gasteiger partial charge in [0.25, 0.3) is 0 Å². The minimum atomic E-state index is -0.301. The van der Waals surface area contributed by atoms with Gasteiger partial charge in [-0.15, -0.1) is 0 Å². The number of aromatic nitrogens is 2. The van der Waals surface area contributed by atoms with Crippen molar-refractivity contribution in [3.8, 4) is 5.69 Å². The van der Waals surface area contributed by atoms with E-state index in [9.17, 15) is 4.39 Å². The summed E-state index contributed by atoms with van der Waals surface area (Å²) in [6.07, 6.45) is 0. The lowest BCUT2D eigenvalue weighted by molar-refractivity contribution is 0.629. The summed E-state index contributed by atoms with van der Waals surface area (Å²) in [6.45, 7) is 3.93. The Kier molecular flexibility index (Phi) is 3.10. The Morgan fingerprint density at radius 3 is 2.45 bits per heavy atom. The number of rotatable bonds is 1. The molecule has 0 fully saturated rings. The van der Waals surface area contributed by atoms with Gasteiger partial charge in [0, 0.05) is 11.1 Å². The summed E-state index contributed by atoms with van der Waals surface area (Å²) in [5.41, 5.74) is 2.84. The molecule has 0 spiro atoms. The maximum absolute atomic E-state index is 13.4. The molecule has 0 N–H and O–H groups in total. The molecule has 1 heterocycles. The van der Waals surface area contributed by atoms with Crippen LogP contribution in [0.2, 0.25) is 0 Å². The average molecular weight is 284 g/mol. The van der Waals surface area contributed by atoms with E-state index in [1.54, 1.807) is 6.07 Å². The van der Waals surface area contributed by atoms with Gasteiger partial charge in [0.15, 0.2) is 0 Å². The Bertz CT molecular complexity index is 851. The van der Waals surface area contributed by atoms with Gasteiger partial charge in [0.1, 0.15) is 16.3 Å². The molecule has 1 aromatic heterocycles. The topological polar surface area (TPSA) is 17.8 Å². The van der Waals surface area contributed by atoms with E-state index >= 15 is 0 Å². The van der Waals surface area contributed by atoms with Crippen LogP contribution in [0.4, 0.5) is 4.39 Å². The summed E-state index contributed by atoms with van der Waals surface area (Å²) in [5, 5.41) is 0.658. The number of hydrogen-bond acceptors (Lipinski definition) is 2. The van der Waals surface area contributed by atoms with Crippen LogP contribution in [0.25, 0.3) is 16.6 Å². The first-order valence-corrected chi connectivity index (χ1v) is 6.73. The van der Waals surface area contributed by atoms with Gasteiger partial charge in [-0.25, -0.2) is 9.37 Å². The molecule has 0 aliphatic heterocycles. The molecular formula is C16H13FN2S. The van der Waals surface area contributed by atoms with Gasteiger partial charge in [-0.1, -0.05) is 29.9 Å². The Balaban J connectivity index is 2.36. The second kappa shape index (κ2) is 4.80. The van der Waals surface area contributed by atoms with Crippen molar-refractivity contribution >= 4 is 23.1 Å². The first kappa shape index (κ1) is 12.9. The molecule has 0 bridgehead atoms. The van der Waals surface area contributed by atoms with E-state index < -0.39 is 0 Å². The maximum atomic E-state index is 13.4. The van der Waals surface area contributed by atoms with Crippen molar-refractivity contribution in [2.45, 2.75) is 13.8 Å². The standard InChI is InChI=1S/C16H13FN2S/c1-10-3-6-13(7-4-10)19-11(2)18-15-8-5-12(17)9-14(15)16(19)20/h3-9H,1-2H3. The SMILES string of the molecule is Cc1ccc(-n2c(C)nc3ccc(F)cc3c2=S)cc1. The van der Waals surface area contributed by atoms with Crippen LogP contribution < -0.4 is 0 Å². The highest BCUT2D eigenvalue weighted by atomic mass is 32.1. The van der Waals surface area contributed by atoms with Crippen LogP contribution in [0.5, 0.6) is 0 Å². The average Bonchev–Trinajstić information content (AvgIpc) is 2.42. The fraction of sp³-hybridized carbons (Fsp3) is 0.125. The molecule has 2 aromatic carbocycles. The van der Waals surface area contributed by atoms with Gasteiger partial charge in [-0.2, -0.15) is 0 Å². The predicted octanol–water partition coefficient (Wildman–Crippen LogP) is 4.51. The van der Waals surface area contributed by atoms with Crippen LogP contribution >= 0.6 is 12.2 Å².